The van der Waals surface area contributed by atoms with Crippen molar-refractivity contribution in [2.45, 2.75) is 6.92 Å². The quantitative estimate of drug-likeness (QED) is 0.581. The zero-order valence-corrected chi connectivity index (χ0v) is 17.4. The van der Waals surface area contributed by atoms with E-state index in [1.807, 2.05) is 48.5 Å². The van der Waals surface area contributed by atoms with Crippen molar-refractivity contribution >= 4 is 28.9 Å². The number of nitrogens with one attached hydrogen (secondary N) is 2. The number of benzene rings is 2. The molecule has 0 aliphatic carbocycles. The molecule has 0 unspecified atom stereocenters. The fourth-order valence-corrected chi connectivity index (χ4v) is 3.39. The van der Waals surface area contributed by atoms with Crippen LogP contribution in [0.1, 0.15) is 17.3 Å². The normalized spacial score (nSPS) is 13.3. The molecule has 1 aromatic heterocycles. The predicted molar refractivity (Wildman–Crippen MR) is 118 cm³/mol. The Morgan fingerprint density at radius 2 is 1.75 bits per heavy atom. The van der Waals surface area contributed by atoms with Gasteiger partial charge in [0.2, 0.25) is 0 Å². The van der Waals surface area contributed by atoms with Crippen LogP contribution < -0.4 is 10.6 Å². The lowest BCUT2D eigenvalue weighted by atomic mass is 10.0. The van der Waals surface area contributed by atoms with E-state index in [-0.39, 0.29) is 31.0 Å². The fraction of sp³-hybridized carbons (Fsp3) is 0.167. The third-order valence-electron chi connectivity index (χ3n) is 4.93. The lowest BCUT2D eigenvalue weighted by Gasteiger charge is -2.21. The highest BCUT2D eigenvalue weighted by atomic mass is 16.5. The van der Waals surface area contributed by atoms with Crippen molar-refractivity contribution in [3.05, 3.63) is 77.5 Å². The van der Waals surface area contributed by atoms with Crippen molar-refractivity contribution in [3.8, 4) is 11.3 Å². The Morgan fingerprint density at radius 3 is 2.53 bits per heavy atom. The van der Waals surface area contributed by atoms with Crippen LogP contribution in [-0.4, -0.2) is 42.7 Å². The second-order valence-corrected chi connectivity index (χ2v) is 7.00. The molecule has 0 saturated carbocycles. The molecular formula is C24H21N3O5. The molecule has 0 radical (unpaired) electrons. The minimum Gasteiger partial charge on any atom is -0.463 e. The number of nitrogens with zero attached hydrogens (tertiary/aromatic N) is 1. The molecule has 2 amide bonds. The molecule has 8 nitrogen and oxygen atoms in total. The van der Waals surface area contributed by atoms with E-state index in [0.717, 1.165) is 5.56 Å². The highest BCUT2D eigenvalue weighted by molar-refractivity contribution is 6.04. The second-order valence-electron chi connectivity index (χ2n) is 7.00. The van der Waals surface area contributed by atoms with Crippen molar-refractivity contribution in [3.63, 3.8) is 0 Å². The molecule has 8 heteroatoms. The molecule has 0 spiro atoms. The van der Waals surface area contributed by atoms with Crippen LogP contribution in [0.3, 0.4) is 0 Å². The molecule has 2 aromatic carbocycles. The Bertz CT molecular complexity index is 1220. The fourth-order valence-electron chi connectivity index (χ4n) is 3.39. The maximum atomic E-state index is 13.1. The number of hydrogen-bond acceptors (Lipinski definition) is 6. The first-order valence-electron chi connectivity index (χ1n) is 10.1. The van der Waals surface area contributed by atoms with E-state index in [2.05, 4.69) is 15.6 Å². The maximum absolute atomic E-state index is 13.1. The van der Waals surface area contributed by atoms with Crippen LogP contribution in [0.4, 0.5) is 4.79 Å². The first-order chi connectivity index (χ1) is 15.6. The van der Waals surface area contributed by atoms with Crippen LogP contribution in [0.2, 0.25) is 0 Å². The van der Waals surface area contributed by atoms with Crippen LogP contribution in [0.15, 0.2) is 71.9 Å². The lowest BCUT2D eigenvalue weighted by molar-refractivity contribution is -0.138. The van der Waals surface area contributed by atoms with E-state index in [1.54, 1.807) is 19.1 Å². The van der Waals surface area contributed by atoms with Gasteiger partial charge in [0.25, 0.3) is 0 Å². The summed E-state index contributed by atoms with van der Waals surface area (Å²) in [7, 11) is 0. The van der Waals surface area contributed by atoms with Gasteiger partial charge in [0.1, 0.15) is 6.61 Å². The highest BCUT2D eigenvalue weighted by Gasteiger charge is 2.25. The maximum Gasteiger partial charge on any atom is 0.339 e. The van der Waals surface area contributed by atoms with Crippen molar-refractivity contribution in [2.75, 3.05) is 19.8 Å². The van der Waals surface area contributed by atoms with Crippen molar-refractivity contribution in [1.29, 1.82) is 0 Å². The summed E-state index contributed by atoms with van der Waals surface area (Å²) in [6, 6.07) is 18.0. The summed E-state index contributed by atoms with van der Waals surface area (Å²) in [6.45, 7) is 1.59. The van der Waals surface area contributed by atoms with Crippen molar-refractivity contribution in [2.24, 2.45) is 0 Å². The average molecular weight is 431 g/mol. The average Bonchev–Trinajstić information content (AvgIpc) is 2.82. The number of esters is 2. The molecule has 0 bridgehead atoms. The smallest absolute Gasteiger partial charge is 0.339 e. The number of amides is 2. The van der Waals surface area contributed by atoms with Gasteiger partial charge in [-0.25, -0.2) is 19.4 Å². The second kappa shape index (κ2) is 9.30. The number of rotatable bonds is 6. The molecule has 0 fully saturated rings. The Hall–Kier alpha value is -4.20. The minimum atomic E-state index is -0.593. The molecule has 0 saturated heterocycles. The lowest BCUT2D eigenvalue weighted by Crippen LogP contribution is -2.45. The third kappa shape index (κ3) is 4.44. The van der Waals surface area contributed by atoms with E-state index in [1.165, 1.54) is 0 Å². The molecule has 0 atom stereocenters. The summed E-state index contributed by atoms with van der Waals surface area (Å²) in [5.74, 6) is -1.17. The van der Waals surface area contributed by atoms with Crippen LogP contribution >= 0.6 is 0 Å². The van der Waals surface area contributed by atoms with Gasteiger partial charge in [-0.1, -0.05) is 48.5 Å². The SMILES string of the molecule is CCOC(=O)C1=C(COC(=O)c2cc(-c3ccccc3)nc3ccccc23)NC(=O)NC1. The Kier molecular flexibility index (Phi) is 6.12. The number of hydrogen-bond donors (Lipinski definition) is 2. The van der Waals surface area contributed by atoms with E-state index in [4.69, 9.17) is 9.47 Å². The Balaban J connectivity index is 1.65. The molecule has 162 valence electrons. The van der Waals surface area contributed by atoms with Gasteiger partial charge in [0, 0.05) is 10.9 Å². The summed E-state index contributed by atoms with van der Waals surface area (Å²) in [5.41, 5.74) is 2.91. The van der Waals surface area contributed by atoms with Crippen LogP contribution in [0, 0.1) is 0 Å². The number of carbonyl (C=O) groups excluding carboxylic acids is 3. The van der Waals surface area contributed by atoms with Gasteiger partial charge in [0.15, 0.2) is 0 Å². The number of fused-ring (bicyclic) bond motifs is 1. The summed E-state index contributed by atoms with van der Waals surface area (Å²) in [5, 5.41) is 5.68. The van der Waals surface area contributed by atoms with Crippen LogP contribution in [0.5, 0.6) is 0 Å². The largest absolute Gasteiger partial charge is 0.463 e. The number of carbonyl (C=O) groups is 3. The van der Waals surface area contributed by atoms with Crippen molar-refractivity contribution < 1.29 is 23.9 Å². The van der Waals surface area contributed by atoms with Crippen molar-refractivity contribution in [1.82, 2.24) is 15.6 Å². The number of aromatic nitrogens is 1. The molecular weight excluding hydrogens is 410 g/mol. The van der Waals surface area contributed by atoms with Crippen LogP contribution in [0.25, 0.3) is 22.2 Å². The van der Waals surface area contributed by atoms with E-state index >= 15 is 0 Å². The Labute approximate surface area is 184 Å². The summed E-state index contributed by atoms with van der Waals surface area (Å²) >= 11 is 0. The molecule has 2 heterocycles. The monoisotopic (exact) mass is 431 g/mol. The van der Waals surface area contributed by atoms with Gasteiger partial charge in [-0.3, -0.25) is 0 Å². The zero-order chi connectivity index (χ0) is 22.5. The van der Waals surface area contributed by atoms with Gasteiger partial charge in [-0.15, -0.1) is 0 Å². The number of pyridine rings is 1. The Morgan fingerprint density at radius 1 is 1.00 bits per heavy atom. The highest BCUT2D eigenvalue weighted by Crippen LogP contribution is 2.25. The minimum absolute atomic E-state index is 0.00606. The number of urea groups is 1. The number of para-hydroxylation sites is 1. The standard InChI is InChI=1S/C24H21N3O5/c1-2-31-23(29)18-13-25-24(30)27-21(18)14-32-22(28)17-12-20(15-8-4-3-5-9-15)26-19-11-7-6-10-16(17)19/h3-12H,2,13-14H2,1H3,(H2,25,27,30). The van der Waals surface area contributed by atoms with Gasteiger partial charge in [0.05, 0.1) is 41.2 Å². The van der Waals surface area contributed by atoms with Gasteiger partial charge < -0.3 is 20.1 Å². The molecule has 32 heavy (non-hydrogen) atoms. The van der Waals surface area contributed by atoms with E-state index < -0.39 is 18.0 Å². The number of ether oxygens (including phenoxy) is 2. The van der Waals surface area contributed by atoms with Gasteiger partial charge >= 0.3 is 18.0 Å². The molecule has 1 aliphatic heterocycles. The third-order valence-corrected chi connectivity index (χ3v) is 4.93. The molecule has 2 N–H and O–H groups in total. The first kappa shape index (κ1) is 21.0. The topological polar surface area (TPSA) is 107 Å². The summed E-state index contributed by atoms with van der Waals surface area (Å²) in [6.07, 6.45) is 0. The first-order valence-corrected chi connectivity index (χ1v) is 10.1. The molecule has 1 aliphatic rings. The van der Waals surface area contributed by atoms with Gasteiger partial charge in [-0.05, 0) is 19.1 Å². The van der Waals surface area contributed by atoms with Crippen LogP contribution in [-0.2, 0) is 14.3 Å². The van der Waals surface area contributed by atoms with Gasteiger partial charge in [-0.2, -0.15) is 0 Å². The molecule has 4 rings (SSSR count). The van der Waals surface area contributed by atoms with E-state index in [0.29, 0.717) is 22.2 Å². The van der Waals surface area contributed by atoms with E-state index in [9.17, 15) is 14.4 Å². The summed E-state index contributed by atoms with van der Waals surface area (Å²) < 4.78 is 10.5. The predicted octanol–water partition coefficient (Wildman–Crippen LogP) is 3.19. The zero-order valence-electron chi connectivity index (χ0n) is 17.4. The molecule has 3 aromatic rings. The summed E-state index contributed by atoms with van der Waals surface area (Å²) in [4.78, 5) is 41.6.